The smallest absolute Gasteiger partial charge is 0.255 e. The van der Waals surface area contributed by atoms with Crippen molar-refractivity contribution in [2.24, 2.45) is 0 Å². The van der Waals surface area contributed by atoms with E-state index in [1.165, 1.54) is 5.56 Å². The molecule has 0 bridgehead atoms. The summed E-state index contributed by atoms with van der Waals surface area (Å²) < 4.78 is 0. The molecule has 4 amide bonds. The molecule has 2 aromatic rings. The number of rotatable bonds is 7. The molecule has 4 heterocycles. The molecule has 0 aliphatic carbocycles. The topological polar surface area (TPSA) is 98.8 Å². The van der Waals surface area contributed by atoms with Crippen LogP contribution in [0.2, 0.25) is 5.02 Å². The lowest BCUT2D eigenvalue weighted by Crippen LogP contribution is -2.52. The van der Waals surface area contributed by atoms with Gasteiger partial charge in [0.25, 0.3) is 5.91 Å². The maximum Gasteiger partial charge on any atom is 0.255 e. The first-order valence-electron chi connectivity index (χ1n) is 14.0. The van der Waals surface area contributed by atoms with E-state index in [4.69, 9.17) is 11.6 Å². The van der Waals surface area contributed by atoms with Gasteiger partial charge in [0, 0.05) is 34.8 Å². The van der Waals surface area contributed by atoms with Gasteiger partial charge in [-0.2, -0.15) is 0 Å². The Morgan fingerprint density at radius 2 is 1.74 bits per heavy atom. The first-order chi connectivity index (χ1) is 18.9. The molecule has 2 saturated heterocycles. The van der Waals surface area contributed by atoms with Gasteiger partial charge in [-0.1, -0.05) is 36.2 Å². The molecule has 204 valence electrons. The first-order valence-corrected chi connectivity index (χ1v) is 14.3. The van der Waals surface area contributed by atoms with Crippen LogP contribution in [-0.4, -0.2) is 59.1 Å². The fraction of sp³-hybridized carbons (Fsp3) is 0.467. The van der Waals surface area contributed by atoms with Crippen LogP contribution >= 0.6 is 11.6 Å². The van der Waals surface area contributed by atoms with Gasteiger partial charge in [0.15, 0.2) is 0 Å². The Labute approximate surface area is 233 Å². The Hall–Kier alpha value is -3.23. The van der Waals surface area contributed by atoms with Gasteiger partial charge in [0.2, 0.25) is 17.7 Å². The number of fused-ring (bicyclic) bond motifs is 3. The van der Waals surface area contributed by atoms with Gasteiger partial charge in [-0.15, -0.1) is 0 Å². The summed E-state index contributed by atoms with van der Waals surface area (Å²) in [4.78, 5) is 53.9. The second-order valence-corrected chi connectivity index (χ2v) is 11.6. The Morgan fingerprint density at radius 3 is 2.54 bits per heavy atom. The lowest BCUT2D eigenvalue weighted by atomic mass is 9.73. The van der Waals surface area contributed by atoms with E-state index in [2.05, 4.69) is 21.6 Å². The largest absolute Gasteiger partial charge is 0.325 e. The van der Waals surface area contributed by atoms with E-state index in [-0.39, 0.29) is 30.0 Å². The van der Waals surface area contributed by atoms with Crippen LogP contribution in [0.4, 0.5) is 5.69 Å². The third kappa shape index (κ3) is 4.63. The minimum absolute atomic E-state index is 0.0790. The number of hydrogen-bond donors (Lipinski definition) is 2. The first kappa shape index (κ1) is 26.0. The average molecular weight is 549 g/mol. The number of nitrogens with zero attached hydrogens (tertiary/aromatic N) is 2. The number of likely N-dealkylation sites (tertiary alicyclic amines) is 1. The number of piperidine rings is 2. The highest BCUT2D eigenvalue weighted by Gasteiger charge is 2.49. The maximum atomic E-state index is 13.1. The number of hydrogen-bond acceptors (Lipinski definition) is 5. The number of nitrogens with one attached hydrogen (secondary N) is 2. The maximum absolute atomic E-state index is 13.1. The van der Waals surface area contributed by atoms with E-state index in [1.807, 2.05) is 30.3 Å². The molecular weight excluding hydrogens is 516 g/mol. The summed E-state index contributed by atoms with van der Waals surface area (Å²) in [6.07, 6.45) is 6.26. The minimum Gasteiger partial charge on any atom is -0.325 e. The zero-order valence-electron chi connectivity index (χ0n) is 21.9. The molecule has 2 N–H and O–H groups in total. The summed E-state index contributed by atoms with van der Waals surface area (Å²) in [6.45, 7) is 3.18. The van der Waals surface area contributed by atoms with Gasteiger partial charge in [-0.05, 0) is 87.5 Å². The Balaban J connectivity index is 0.989. The summed E-state index contributed by atoms with van der Waals surface area (Å²) >= 11 is 6.51. The van der Waals surface area contributed by atoms with Crippen molar-refractivity contribution in [1.29, 1.82) is 0 Å². The van der Waals surface area contributed by atoms with Gasteiger partial charge in [0.1, 0.15) is 6.04 Å². The summed E-state index contributed by atoms with van der Waals surface area (Å²) in [7, 11) is 0. The number of imide groups is 1. The Kier molecular flexibility index (Phi) is 6.93. The van der Waals surface area contributed by atoms with Gasteiger partial charge in [-0.3, -0.25) is 24.5 Å². The van der Waals surface area contributed by atoms with Crippen LogP contribution in [0.5, 0.6) is 0 Å². The van der Waals surface area contributed by atoms with Crippen LogP contribution in [0.25, 0.3) is 0 Å². The van der Waals surface area contributed by atoms with Crippen molar-refractivity contribution in [2.45, 2.75) is 69.4 Å². The summed E-state index contributed by atoms with van der Waals surface area (Å²) in [5.41, 5.74) is 4.19. The standard InChI is InChI=1S/C30H33ClN4O4/c31-22-9-5-10-23-26(22)30(29(39)32-23)13-16-34(17-14-30)15-3-1-2-6-19-7-4-8-20-21(19)18-35(28(20)38)24-11-12-25(36)33-27(24)37/h4-5,7-10,24H,1-3,6,11-18H2,(H,32,39)(H,33,36,37). The lowest BCUT2D eigenvalue weighted by Gasteiger charge is -2.38. The van der Waals surface area contributed by atoms with Crippen molar-refractivity contribution in [1.82, 2.24) is 15.1 Å². The van der Waals surface area contributed by atoms with Crippen LogP contribution < -0.4 is 10.6 Å². The average Bonchev–Trinajstić information content (AvgIpc) is 3.40. The van der Waals surface area contributed by atoms with Crippen molar-refractivity contribution in [3.8, 4) is 0 Å². The van der Waals surface area contributed by atoms with Crippen LogP contribution in [-0.2, 0) is 32.8 Å². The number of anilines is 1. The summed E-state index contributed by atoms with van der Waals surface area (Å²) in [5, 5.41) is 6.08. The second-order valence-electron chi connectivity index (χ2n) is 11.2. The Bertz CT molecular complexity index is 1350. The SMILES string of the molecule is O=C1CCC(N2Cc3c(CCCCCN4CCC5(CC4)C(=O)Nc4cccc(Cl)c45)cccc3C2=O)C(=O)N1. The third-order valence-corrected chi connectivity index (χ3v) is 9.30. The molecule has 8 nitrogen and oxygen atoms in total. The molecule has 0 saturated carbocycles. The van der Waals surface area contributed by atoms with E-state index >= 15 is 0 Å². The van der Waals surface area contributed by atoms with Gasteiger partial charge < -0.3 is 15.1 Å². The second kappa shape index (κ2) is 10.4. The third-order valence-electron chi connectivity index (χ3n) is 8.98. The van der Waals surface area contributed by atoms with Crippen molar-refractivity contribution in [3.05, 3.63) is 63.7 Å². The highest BCUT2D eigenvalue weighted by molar-refractivity contribution is 6.33. The van der Waals surface area contributed by atoms with E-state index in [1.54, 1.807) is 4.90 Å². The Morgan fingerprint density at radius 1 is 0.949 bits per heavy atom. The molecule has 1 spiro atoms. The number of unbranched alkanes of at least 4 members (excludes halogenated alkanes) is 2. The summed E-state index contributed by atoms with van der Waals surface area (Å²) in [6, 6.07) is 11.0. The predicted octanol–water partition coefficient (Wildman–Crippen LogP) is 3.80. The lowest BCUT2D eigenvalue weighted by molar-refractivity contribution is -0.137. The van der Waals surface area contributed by atoms with Crippen molar-refractivity contribution < 1.29 is 19.2 Å². The fourth-order valence-electron chi connectivity index (χ4n) is 6.82. The van der Waals surface area contributed by atoms with E-state index in [9.17, 15) is 19.2 Å². The van der Waals surface area contributed by atoms with Crippen LogP contribution in [0.3, 0.4) is 0 Å². The van der Waals surface area contributed by atoms with Gasteiger partial charge in [0.05, 0.1) is 5.41 Å². The molecule has 0 radical (unpaired) electrons. The van der Waals surface area contributed by atoms with Crippen LogP contribution in [0.15, 0.2) is 36.4 Å². The molecule has 6 rings (SSSR count). The van der Waals surface area contributed by atoms with Gasteiger partial charge in [-0.25, -0.2) is 0 Å². The molecule has 0 aromatic heterocycles. The van der Waals surface area contributed by atoms with E-state index in [0.29, 0.717) is 23.6 Å². The highest BCUT2D eigenvalue weighted by atomic mass is 35.5. The number of carbonyl (C=O) groups is 4. The molecule has 1 unspecified atom stereocenters. The van der Waals surface area contributed by atoms with E-state index < -0.39 is 11.5 Å². The molecule has 2 aromatic carbocycles. The molecular formula is C30H33ClN4O4. The number of halogens is 1. The van der Waals surface area contributed by atoms with Crippen LogP contribution in [0, 0.1) is 0 Å². The molecule has 1 atom stereocenters. The zero-order valence-corrected chi connectivity index (χ0v) is 22.7. The number of benzene rings is 2. The van der Waals surface area contributed by atoms with Crippen molar-refractivity contribution in [2.75, 3.05) is 25.0 Å². The quantitative estimate of drug-likeness (QED) is 0.405. The normalized spacial score (nSPS) is 22.2. The highest BCUT2D eigenvalue weighted by Crippen LogP contribution is 2.48. The molecule has 39 heavy (non-hydrogen) atoms. The molecule has 9 heteroatoms. The monoisotopic (exact) mass is 548 g/mol. The van der Waals surface area contributed by atoms with E-state index in [0.717, 1.165) is 75.0 Å². The van der Waals surface area contributed by atoms with Gasteiger partial charge >= 0.3 is 0 Å². The number of carbonyl (C=O) groups excluding carboxylic acids is 4. The van der Waals surface area contributed by atoms with Crippen molar-refractivity contribution in [3.63, 3.8) is 0 Å². The minimum atomic E-state index is -0.584. The molecule has 2 fully saturated rings. The zero-order chi connectivity index (χ0) is 27.1. The molecule has 4 aliphatic rings. The predicted molar refractivity (Wildman–Crippen MR) is 147 cm³/mol. The number of amides is 4. The van der Waals surface area contributed by atoms with Crippen molar-refractivity contribution >= 4 is 40.9 Å². The summed E-state index contributed by atoms with van der Waals surface area (Å²) in [5.74, 6) is -0.693. The van der Waals surface area contributed by atoms with Crippen LogP contribution in [0.1, 0.15) is 72.0 Å². The fourth-order valence-corrected chi connectivity index (χ4v) is 7.17. The molecule has 4 aliphatic heterocycles. The number of aryl methyl sites for hydroxylation is 1.